The summed E-state index contributed by atoms with van der Waals surface area (Å²) >= 11 is 0. The van der Waals surface area contributed by atoms with Crippen molar-refractivity contribution in [1.29, 1.82) is 0 Å². The van der Waals surface area contributed by atoms with Crippen molar-refractivity contribution in [1.82, 2.24) is 0 Å². The summed E-state index contributed by atoms with van der Waals surface area (Å²) in [5, 5.41) is 0. The van der Waals surface area contributed by atoms with Gasteiger partial charge in [0.05, 0.1) is 11.2 Å². The van der Waals surface area contributed by atoms with Crippen LogP contribution in [0.1, 0.15) is 49.9 Å². The summed E-state index contributed by atoms with van der Waals surface area (Å²) in [5.41, 5.74) is 4.82. The molecule has 1 fully saturated rings. The van der Waals surface area contributed by atoms with Gasteiger partial charge in [-0.15, -0.1) is 0 Å². The first-order valence-electron chi connectivity index (χ1n) is 7.05. The number of benzene rings is 1. The molecule has 1 saturated heterocycles. The molecule has 104 valence electrons. The van der Waals surface area contributed by atoms with Crippen LogP contribution >= 0.6 is 0 Å². The SMILES string of the molecule is Cc1cc(C)c(CB2OC(C)(C)C(C)(C)O2)c(C)c1. The topological polar surface area (TPSA) is 18.5 Å². The van der Waals surface area contributed by atoms with Crippen molar-refractivity contribution >= 4 is 7.12 Å². The Bertz CT molecular complexity index is 453. The Balaban J connectivity index is 2.21. The van der Waals surface area contributed by atoms with E-state index >= 15 is 0 Å². The molecule has 0 saturated carbocycles. The Labute approximate surface area is 117 Å². The molecule has 0 N–H and O–H groups in total. The molecule has 0 aromatic heterocycles. The molecular formula is C16H25BO2. The molecule has 0 radical (unpaired) electrons. The fourth-order valence-corrected chi connectivity index (χ4v) is 2.75. The van der Waals surface area contributed by atoms with Crippen molar-refractivity contribution in [3.05, 3.63) is 34.4 Å². The molecule has 0 spiro atoms. The van der Waals surface area contributed by atoms with Gasteiger partial charge in [0, 0.05) is 6.32 Å². The predicted molar refractivity (Wildman–Crippen MR) is 80.4 cm³/mol. The first kappa shape index (κ1) is 14.6. The Morgan fingerprint density at radius 2 is 1.32 bits per heavy atom. The minimum atomic E-state index is -0.246. The van der Waals surface area contributed by atoms with E-state index in [0.717, 1.165) is 6.32 Å². The zero-order chi connectivity index (χ0) is 14.4. The Kier molecular flexibility index (Phi) is 3.57. The van der Waals surface area contributed by atoms with Gasteiger partial charge in [0.25, 0.3) is 0 Å². The van der Waals surface area contributed by atoms with Crippen LogP contribution in [0.15, 0.2) is 12.1 Å². The first-order valence-corrected chi connectivity index (χ1v) is 7.05. The number of hydrogen-bond donors (Lipinski definition) is 0. The minimum absolute atomic E-state index is 0.148. The maximum absolute atomic E-state index is 6.09. The molecule has 1 aromatic carbocycles. The van der Waals surface area contributed by atoms with Gasteiger partial charge in [-0.25, -0.2) is 0 Å². The summed E-state index contributed by atoms with van der Waals surface area (Å²) in [6.07, 6.45) is 0.824. The lowest BCUT2D eigenvalue weighted by Crippen LogP contribution is -2.41. The molecule has 0 bridgehead atoms. The number of aryl methyl sites for hydroxylation is 3. The third-order valence-corrected chi connectivity index (χ3v) is 4.51. The highest BCUT2D eigenvalue weighted by atomic mass is 16.7. The maximum atomic E-state index is 6.09. The normalized spacial score (nSPS) is 20.9. The molecule has 1 aromatic rings. The second-order valence-corrected chi connectivity index (χ2v) is 6.77. The summed E-state index contributed by atoms with van der Waals surface area (Å²) in [6.45, 7) is 14.9. The maximum Gasteiger partial charge on any atom is 0.462 e. The quantitative estimate of drug-likeness (QED) is 0.753. The molecular weight excluding hydrogens is 235 g/mol. The molecule has 0 atom stereocenters. The molecule has 0 amide bonds. The summed E-state index contributed by atoms with van der Waals surface area (Å²) in [6, 6.07) is 4.46. The summed E-state index contributed by atoms with van der Waals surface area (Å²) in [4.78, 5) is 0. The van der Waals surface area contributed by atoms with E-state index in [1.54, 1.807) is 0 Å². The van der Waals surface area contributed by atoms with Crippen molar-refractivity contribution in [2.24, 2.45) is 0 Å². The van der Waals surface area contributed by atoms with Crippen LogP contribution in [-0.2, 0) is 15.6 Å². The van der Waals surface area contributed by atoms with Crippen LogP contribution in [0.4, 0.5) is 0 Å². The van der Waals surface area contributed by atoms with Gasteiger partial charge in [0.2, 0.25) is 0 Å². The largest absolute Gasteiger partial charge is 0.462 e. The zero-order valence-electron chi connectivity index (χ0n) is 13.3. The zero-order valence-corrected chi connectivity index (χ0v) is 13.3. The second-order valence-electron chi connectivity index (χ2n) is 6.77. The molecule has 2 rings (SSSR count). The minimum Gasteiger partial charge on any atom is -0.403 e. The van der Waals surface area contributed by atoms with E-state index in [-0.39, 0.29) is 18.3 Å². The molecule has 0 unspecified atom stereocenters. The van der Waals surface area contributed by atoms with Crippen LogP contribution in [0.25, 0.3) is 0 Å². The van der Waals surface area contributed by atoms with Crippen molar-refractivity contribution in [2.45, 2.75) is 66.0 Å². The van der Waals surface area contributed by atoms with Crippen molar-refractivity contribution in [3.8, 4) is 0 Å². The molecule has 3 heteroatoms. The fraction of sp³-hybridized carbons (Fsp3) is 0.625. The van der Waals surface area contributed by atoms with E-state index in [0.29, 0.717) is 0 Å². The lowest BCUT2D eigenvalue weighted by molar-refractivity contribution is 0.00578. The highest BCUT2D eigenvalue weighted by Gasteiger charge is 2.50. The van der Waals surface area contributed by atoms with Crippen LogP contribution in [0.3, 0.4) is 0 Å². The van der Waals surface area contributed by atoms with E-state index in [2.05, 4.69) is 60.6 Å². The Morgan fingerprint density at radius 1 is 0.895 bits per heavy atom. The second kappa shape index (κ2) is 4.64. The van der Waals surface area contributed by atoms with Crippen LogP contribution in [-0.4, -0.2) is 18.3 Å². The van der Waals surface area contributed by atoms with Crippen LogP contribution in [0.2, 0.25) is 0 Å². The van der Waals surface area contributed by atoms with Crippen LogP contribution in [0, 0.1) is 20.8 Å². The lowest BCUT2D eigenvalue weighted by Gasteiger charge is -2.32. The molecule has 1 aliphatic rings. The highest BCUT2D eigenvalue weighted by molar-refractivity contribution is 6.45. The van der Waals surface area contributed by atoms with E-state index in [4.69, 9.17) is 9.31 Å². The average molecular weight is 260 g/mol. The van der Waals surface area contributed by atoms with Gasteiger partial charge in [-0.3, -0.25) is 0 Å². The fourth-order valence-electron chi connectivity index (χ4n) is 2.75. The first-order chi connectivity index (χ1) is 8.62. The molecule has 2 nitrogen and oxygen atoms in total. The van der Waals surface area contributed by atoms with E-state index < -0.39 is 0 Å². The standard InChI is InChI=1S/C16H25BO2/c1-11-8-12(2)14(13(3)9-11)10-17-18-15(4,5)16(6,7)19-17/h8-9H,10H2,1-7H3. The average Bonchev–Trinajstić information content (AvgIpc) is 2.41. The lowest BCUT2D eigenvalue weighted by atomic mass is 9.77. The van der Waals surface area contributed by atoms with Crippen LogP contribution in [0.5, 0.6) is 0 Å². The smallest absolute Gasteiger partial charge is 0.403 e. The number of rotatable bonds is 2. The summed E-state index contributed by atoms with van der Waals surface area (Å²) in [7, 11) is -0.148. The molecule has 0 aliphatic carbocycles. The van der Waals surface area contributed by atoms with Gasteiger partial charge in [-0.1, -0.05) is 17.7 Å². The van der Waals surface area contributed by atoms with Gasteiger partial charge in [-0.05, 0) is 65.2 Å². The summed E-state index contributed by atoms with van der Waals surface area (Å²) < 4.78 is 12.2. The van der Waals surface area contributed by atoms with Gasteiger partial charge in [-0.2, -0.15) is 0 Å². The van der Waals surface area contributed by atoms with E-state index in [1.165, 1.54) is 22.3 Å². The van der Waals surface area contributed by atoms with Gasteiger partial charge >= 0.3 is 7.12 Å². The highest BCUT2D eigenvalue weighted by Crippen LogP contribution is 2.37. The Hall–Kier alpha value is -0.795. The van der Waals surface area contributed by atoms with Crippen LogP contribution < -0.4 is 0 Å². The Morgan fingerprint density at radius 3 is 1.74 bits per heavy atom. The van der Waals surface area contributed by atoms with E-state index in [1.807, 2.05) is 0 Å². The molecule has 1 aliphatic heterocycles. The van der Waals surface area contributed by atoms with Gasteiger partial charge < -0.3 is 9.31 Å². The third kappa shape index (κ3) is 2.73. The predicted octanol–water partition coefficient (Wildman–Crippen LogP) is 3.79. The van der Waals surface area contributed by atoms with Gasteiger partial charge in [0.1, 0.15) is 0 Å². The van der Waals surface area contributed by atoms with Crippen molar-refractivity contribution in [3.63, 3.8) is 0 Å². The van der Waals surface area contributed by atoms with Crippen molar-refractivity contribution in [2.75, 3.05) is 0 Å². The third-order valence-electron chi connectivity index (χ3n) is 4.51. The van der Waals surface area contributed by atoms with Gasteiger partial charge in [0.15, 0.2) is 0 Å². The van der Waals surface area contributed by atoms with E-state index in [9.17, 15) is 0 Å². The monoisotopic (exact) mass is 260 g/mol. The molecule has 1 heterocycles. The summed E-state index contributed by atoms with van der Waals surface area (Å²) in [5.74, 6) is 0. The number of hydrogen-bond acceptors (Lipinski definition) is 2. The molecule has 19 heavy (non-hydrogen) atoms. The van der Waals surface area contributed by atoms with Crippen molar-refractivity contribution < 1.29 is 9.31 Å².